The molecule has 0 bridgehead atoms. The molecule has 36 heavy (non-hydrogen) atoms. The van der Waals surface area contributed by atoms with Gasteiger partial charge in [-0.15, -0.1) is 13.2 Å². The van der Waals surface area contributed by atoms with Gasteiger partial charge in [-0.05, 0) is 74.0 Å². The van der Waals surface area contributed by atoms with Crippen LogP contribution in [0.2, 0.25) is 0 Å². The molecular formula is C29H22F3O3S+. The maximum Gasteiger partial charge on any atom is 0.573 e. The first-order valence-electron chi connectivity index (χ1n) is 11.2. The number of esters is 1. The molecule has 1 atom stereocenters. The van der Waals surface area contributed by atoms with Gasteiger partial charge in [-0.25, -0.2) is 4.79 Å². The fourth-order valence-electron chi connectivity index (χ4n) is 4.25. The second kappa shape index (κ2) is 8.99. The van der Waals surface area contributed by atoms with Crippen molar-refractivity contribution in [2.45, 2.75) is 25.8 Å². The molecule has 0 aliphatic carbocycles. The lowest BCUT2D eigenvalue weighted by Gasteiger charge is -2.26. The molecule has 3 nitrogen and oxygen atoms in total. The van der Waals surface area contributed by atoms with Gasteiger partial charge in [0, 0.05) is 21.2 Å². The van der Waals surface area contributed by atoms with E-state index in [0.717, 1.165) is 15.5 Å². The highest BCUT2D eigenvalue weighted by Crippen LogP contribution is 2.48. The summed E-state index contributed by atoms with van der Waals surface area (Å²) in [5.41, 5.74) is -0.117. The van der Waals surface area contributed by atoms with Gasteiger partial charge in [0.1, 0.15) is 11.4 Å². The second-order valence-corrected chi connectivity index (χ2v) is 10.8. The number of fused-ring (bicyclic) bond motifs is 3. The molecule has 0 aliphatic rings. The van der Waals surface area contributed by atoms with E-state index in [2.05, 4.69) is 29.0 Å². The van der Waals surface area contributed by atoms with Crippen LogP contribution in [0.15, 0.2) is 97.1 Å². The van der Waals surface area contributed by atoms with Crippen LogP contribution in [0.5, 0.6) is 5.75 Å². The highest BCUT2D eigenvalue weighted by atomic mass is 32.2. The number of thiophene rings is 1. The Morgan fingerprint density at radius 1 is 0.750 bits per heavy atom. The molecule has 1 unspecified atom stereocenters. The van der Waals surface area contributed by atoms with Crippen LogP contribution in [0.25, 0.3) is 25.1 Å². The zero-order valence-electron chi connectivity index (χ0n) is 19.5. The SMILES string of the molecule is CC(C)(OC(=O)c1ccc2c(c1)c1ccccc1[s+]2-c1ccccc1)c1ccc(OC(F)(F)F)cc1. The van der Waals surface area contributed by atoms with E-state index in [1.54, 1.807) is 19.9 Å². The van der Waals surface area contributed by atoms with Crippen LogP contribution in [0.4, 0.5) is 13.2 Å². The molecule has 7 heteroatoms. The number of halogens is 3. The highest BCUT2D eigenvalue weighted by Gasteiger charge is 2.32. The van der Waals surface area contributed by atoms with Crippen molar-refractivity contribution in [3.63, 3.8) is 0 Å². The van der Waals surface area contributed by atoms with Crippen LogP contribution in [0.1, 0.15) is 29.8 Å². The predicted octanol–water partition coefficient (Wildman–Crippen LogP) is 8.72. The Morgan fingerprint density at radius 3 is 2.08 bits per heavy atom. The van der Waals surface area contributed by atoms with Gasteiger partial charge in [0.15, 0.2) is 14.3 Å². The molecular weight excluding hydrogens is 485 g/mol. The highest BCUT2D eigenvalue weighted by molar-refractivity contribution is 7.50. The molecule has 0 radical (unpaired) electrons. The number of rotatable bonds is 5. The van der Waals surface area contributed by atoms with Crippen LogP contribution in [-0.2, 0) is 10.3 Å². The van der Waals surface area contributed by atoms with E-state index in [0.29, 0.717) is 11.1 Å². The van der Waals surface area contributed by atoms with E-state index in [9.17, 15) is 18.0 Å². The van der Waals surface area contributed by atoms with E-state index in [1.165, 1.54) is 33.9 Å². The maximum absolute atomic E-state index is 13.2. The minimum absolute atomic E-state index is 0.265. The van der Waals surface area contributed by atoms with Crippen LogP contribution in [0, 0.1) is 0 Å². The first kappa shape index (κ1) is 23.9. The number of benzene rings is 4. The van der Waals surface area contributed by atoms with E-state index in [-0.39, 0.29) is 16.2 Å². The normalized spacial score (nSPS) is 12.6. The Balaban J connectivity index is 1.47. The van der Waals surface area contributed by atoms with Gasteiger partial charge in [0.2, 0.25) is 0 Å². The van der Waals surface area contributed by atoms with E-state index < -0.39 is 17.9 Å². The first-order chi connectivity index (χ1) is 17.1. The molecule has 1 heterocycles. The third kappa shape index (κ3) is 4.66. The van der Waals surface area contributed by atoms with Crippen LogP contribution in [0.3, 0.4) is 0 Å². The lowest BCUT2D eigenvalue weighted by atomic mass is 9.98. The minimum Gasteiger partial charge on any atom is -0.451 e. The molecule has 5 rings (SSSR count). The molecule has 4 aromatic carbocycles. The molecule has 1 aromatic heterocycles. The van der Waals surface area contributed by atoms with Gasteiger partial charge in [-0.2, -0.15) is 0 Å². The van der Waals surface area contributed by atoms with Crippen LogP contribution >= 0.6 is 10.5 Å². The number of hydrogen-bond acceptors (Lipinski definition) is 3. The summed E-state index contributed by atoms with van der Waals surface area (Å²) in [6.45, 7) is 3.39. The van der Waals surface area contributed by atoms with Crippen molar-refractivity contribution < 1.29 is 27.4 Å². The van der Waals surface area contributed by atoms with Gasteiger partial charge in [0.05, 0.1) is 5.56 Å². The molecule has 5 aromatic rings. The second-order valence-electron chi connectivity index (χ2n) is 8.80. The first-order valence-corrected chi connectivity index (χ1v) is 12.5. The zero-order chi connectivity index (χ0) is 25.5. The monoisotopic (exact) mass is 507 g/mol. The summed E-state index contributed by atoms with van der Waals surface area (Å²) < 4.78 is 49.5. The number of hydrogen-bond donors (Lipinski definition) is 0. The molecule has 0 fully saturated rings. The van der Waals surface area contributed by atoms with Gasteiger partial charge in [-0.1, -0.05) is 42.5 Å². The third-order valence-corrected chi connectivity index (χ3v) is 8.28. The van der Waals surface area contributed by atoms with Gasteiger partial charge in [0.25, 0.3) is 0 Å². The number of carbonyl (C=O) groups is 1. The summed E-state index contributed by atoms with van der Waals surface area (Å²) in [5, 5.41) is 2.09. The minimum atomic E-state index is -4.77. The van der Waals surface area contributed by atoms with Crippen LogP contribution < -0.4 is 4.74 Å². The quantitative estimate of drug-likeness (QED) is 0.176. The molecule has 0 N–H and O–H groups in total. The fourth-order valence-corrected chi connectivity index (χ4v) is 6.63. The standard InChI is InChI=1S/C29H22F3O3S/c1-28(2,20-13-15-21(16-14-20)34-29(30,31)32)35-27(33)19-12-17-26-24(18-19)23-10-6-7-11-25(23)36(26)22-8-4-3-5-9-22/h3-18H,1-2H3/q+1. The molecule has 0 aliphatic heterocycles. The van der Waals surface area contributed by atoms with E-state index in [4.69, 9.17) is 4.74 Å². The topological polar surface area (TPSA) is 35.5 Å². The van der Waals surface area contributed by atoms with Crippen molar-refractivity contribution >= 4 is 36.6 Å². The van der Waals surface area contributed by atoms with Crippen molar-refractivity contribution in [1.29, 1.82) is 0 Å². The lowest BCUT2D eigenvalue weighted by Crippen LogP contribution is -2.25. The summed E-state index contributed by atoms with van der Waals surface area (Å²) in [6.07, 6.45) is -4.77. The van der Waals surface area contributed by atoms with Gasteiger partial charge >= 0.3 is 12.3 Å². The number of alkyl halides is 3. The lowest BCUT2D eigenvalue weighted by molar-refractivity contribution is -0.274. The average molecular weight is 508 g/mol. The average Bonchev–Trinajstić information content (AvgIpc) is 3.17. The summed E-state index contributed by atoms with van der Waals surface area (Å²) in [5.74, 6) is -0.845. The number of ether oxygens (including phenoxy) is 2. The number of carbonyl (C=O) groups excluding carboxylic acids is 1. The Morgan fingerprint density at radius 2 is 1.39 bits per heavy atom. The molecule has 0 saturated heterocycles. The summed E-state index contributed by atoms with van der Waals surface area (Å²) in [6, 6.07) is 29.4. The maximum atomic E-state index is 13.2. The van der Waals surface area contributed by atoms with Crippen molar-refractivity contribution in [2.75, 3.05) is 0 Å². The summed E-state index contributed by atoms with van der Waals surface area (Å²) >= 11 is 0. The fraction of sp³-hybridized carbons (Fsp3) is 0.138. The third-order valence-electron chi connectivity index (χ3n) is 5.94. The Labute approximate surface area is 208 Å². The van der Waals surface area contributed by atoms with Gasteiger partial charge < -0.3 is 9.47 Å². The van der Waals surface area contributed by atoms with E-state index in [1.807, 2.05) is 42.5 Å². The largest absolute Gasteiger partial charge is 0.573 e. The van der Waals surface area contributed by atoms with E-state index >= 15 is 0 Å². The van der Waals surface area contributed by atoms with Crippen molar-refractivity contribution in [2.24, 2.45) is 0 Å². The van der Waals surface area contributed by atoms with Crippen molar-refractivity contribution in [3.05, 3.63) is 108 Å². The van der Waals surface area contributed by atoms with Gasteiger partial charge in [-0.3, -0.25) is 0 Å². The van der Waals surface area contributed by atoms with Crippen LogP contribution in [-0.4, -0.2) is 12.3 Å². The zero-order valence-corrected chi connectivity index (χ0v) is 20.3. The van der Waals surface area contributed by atoms with Crippen molar-refractivity contribution in [3.8, 4) is 10.6 Å². The predicted molar refractivity (Wildman–Crippen MR) is 137 cm³/mol. The summed E-state index contributed by atoms with van der Waals surface area (Å²) in [7, 11) is -0.265. The summed E-state index contributed by atoms with van der Waals surface area (Å²) in [4.78, 5) is 14.4. The molecule has 0 saturated carbocycles. The Hall–Kier alpha value is -3.84. The molecule has 0 amide bonds. The molecule has 0 spiro atoms. The Bertz CT molecular complexity index is 1550. The Kier molecular flexibility index (Phi) is 5.96. The van der Waals surface area contributed by atoms with Crippen molar-refractivity contribution in [1.82, 2.24) is 0 Å². The smallest absolute Gasteiger partial charge is 0.451 e. The molecule has 182 valence electrons.